The maximum atomic E-state index is 12.6. The summed E-state index contributed by atoms with van der Waals surface area (Å²) in [6.45, 7) is 2.81. The molecule has 1 unspecified atom stereocenters. The van der Waals surface area contributed by atoms with Crippen LogP contribution < -0.4 is 5.73 Å². The number of nitrogens with two attached hydrogens (primary N) is 1. The molecule has 0 bridgehead atoms. The lowest BCUT2D eigenvalue weighted by molar-refractivity contribution is -0.161. The van der Waals surface area contributed by atoms with E-state index in [0.717, 1.165) is 38.5 Å². The van der Waals surface area contributed by atoms with E-state index in [1.165, 1.54) is 116 Å². The summed E-state index contributed by atoms with van der Waals surface area (Å²) in [5.41, 5.74) is 5.32. The minimum atomic E-state index is -4.70. The van der Waals surface area contributed by atoms with Crippen molar-refractivity contribution in [3.05, 3.63) is 0 Å². The molecule has 12 heteroatoms. The van der Waals surface area contributed by atoms with Gasteiger partial charge in [-0.05, 0) is 12.8 Å². The summed E-state index contributed by atoms with van der Waals surface area (Å²) in [5, 5.41) is 8.86. The van der Waals surface area contributed by atoms with Crippen molar-refractivity contribution in [3.8, 4) is 0 Å². The van der Waals surface area contributed by atoms with Crippen molar-refractivity contribution < 1.29 is 47.5 Å². The van der Waals surface area contributed by atoms with Crippen LogP contribution in [0.1, 0.15) is 194 Å². The fraction of sp³-hybridized carbons (Fsp3) is 0.921. The molecule has 0 aromatic heterocycles. The third kappa shape index (κ3) is 33.6. The van der Waals surface area contributed by atoms with E-state index in [4.69, 9.17) is 24.8 Å². The van der Waals surface area contributed by atoms with Crippen LogP contribution in [0.15, 0.2) is 0 Å². The van der Waals surface area contributed by atoms with E-state index in [9.17, 15) is 23.8 Å². The molecule has 11 nitrogen and oxygen atoms in total. The van der Waals surface area contributed by atoms with Crippen molar-refractivity contribution in [2.45, 2.75) is 206 Å². The topological polar surface area (TPSA) is 172 Å². The lowest BCUT2D eigenvalue weighted by atomic mass is 10.0. The number of carbonyl (C=O) groups excluding carboxylic acids is 2. The first-order valence-corrected chi connectivity index (χ1v) is 21.6. The first-order chi connectivity index (χ1) is 24.1. The van der Waals surface area contributed by atoms with Crippen LogP contribution in [0.25, 0.3) is 0 Å². The van der Waals surface area contributed by atoms with Gasteiger partial charge >= 0.3 is 25.7 Å². The zero-order valence-electron chi connectivity index (χ0n) is 31.8. The molecule has 0 aromatic rings. The normalized spacial score (nSPS) is 13.8. The molecule has 0 radical (unpaired) electrons. The number of rotatable bonds is 38. The highest BCUT2D eigenvalue weighted by atomic mass is 31.2. The molecule has 296 valence electrons. The second kappa shape index (κ2) is 34.6. The summed E-state index contributed by atoms with van der Waals surface area (Å²) in [6, 6.07) is -1.51. The summed E-state index contributed by atoms with van der Waals surface area (Å²) >= 11 is 0. The van der Waals surface area contributed by atoms with E-state index < -0.39 is 51.1 Å². The number of hydrogen-bond donors (Lipinski definition) is 3. The second-order valence-corrected chi connectivity index (χ2v) is 15.2. The van der Waals surface area contributed by atoms with E-state index in [1.54, 1.807) is 0 Å². The van der Waals surface area contributed by atoms with Crippen LogP contribution in [-0.2, 0) is 37.5 Å². The largest absolute Gasteiger partial charge is 0.480 e. The van der Waals surface area contributed by atoms with E-state index in [0.29, 0.717) is 12.8 Å². The van der Waals surface area contributed by atoms with Gasteiger partial charge in [-0.15, -0.1) is 0 Å². The van der Waals surface area contributed by atoms with Crippen molar-refractivity contribution in [2.24, 2.45) is 5.73 Å². The number of hydrogen-bond acceptors (Lipinski definition) is 9. The summed E-state index contributed by atoms with van der Waals surface area (Å²) < 4.78 is 32.6. The van der Waals surface area contributed by atoms with Crippen LogP contribution in [0.4, 0.5) is 0 Å². The Balaban J connectivity index is 4.38. The van der Waals surface area contributed by atoms with Gasteiger partial charge in [0.05, 0.1) is 13.2 Å². The standard InChI is InChI=1S/C38H74NO10P/c1-3-5-7-9-11-13-15-17-19-21-23-25-27-29-36(40)46-31-34(32-47-50(44,45)48-33-35(39)38(42)43)49-37(41)30-28-26-24-22-20-18-16-14-12-10-8-6-4-2/h34-35H,3-33,39H2,1-2H3,(H,42,43)(H,44,45)/t34-,35-/m0/s1. The third-order valence-electron chi connectivity index (χ3n) is 8.86. The van der Waals surface area contributed by atoms with Crippen LogP contribution in [0, 0.1) is 0 Å². The second-order valence-electron chi connectivity index (χ2n) is 13.8. The summed E-state index contributed by atoms with van der Waals surface area (Å²) in [5.74, 6) is -2.36. The van der Waals surface area contributed by atoms with Crippen molar-refractivity contribution in [3.63, 3.8) is 0 Å². The molecule has 0 aliphatic carbocycles. The zero-order valence-corrected chi connectivity index (χ0v) is 32.7. The van der Waals surface area contributed by atoms with Crippen LogP contribution in [0.5, 0.6) is 0 Å². The first kappa shape index (κ1) is 48.5. The van der Waals surface area contributed by atoms with Gasteiger partial charge in [-0.2, -0.15) is 0 Å². The molecule has 0 saturated heterocycles. The molecule has 0 heterocycles. The molecule has 0 aliphatic rings. The van der Waals surface area contributed by atoms with E-state index in [-0.39, 0.29) is 19.4 Å². The van der Waals surface area contributed by atoms with Crippen LogP contribution in [0.3, 0.4) is 0 Å². The molecule has 0 spiro atoms. The molecule has 0 saturated carbocycles. The molecule has 50 heavy (non-hydrogen) atoms. The Bertz CT molecular complexity index is 875. The predicted molar refractivity (Wildman–Crippen MR) is 199 cm³/mol. The minimum Gasteiger partial charge on any atom is -0.480 e. The summed E-state index contributed by atoms with van der Waals surface area (Å²) in [4.78, 5) is 45.8. The minimum absolute atomic E-state index is 0.169. The van der Waals surface area contributed by atoms with Gasteiger partial charge in [-0.25, -0.2) is 4.57 Å². The maximum Gasteiger partial charge on any atom is 0.472 e. The Labute approximate surface area is 304 Å². The van der Waals surface area contributed by atoms with E-state index >= 15 is 0 Å². The molecule has 0 fully saturated rings. The summed E-state index contributed by atoms with van der Waals surface area (Å²) in [6.07, 6.45) is 30.2. The maximum absolute atomic E-state index is 12.6. The van der Waals surface area contributed by atoms with Crippen molar-refractivity contribution in [1.82, 2.24) is 0 Å². The lowest BCUT2D eigenvalue weighted by Crippen LogP contribution is -2.34. The molecule has 0 aliphatic heterocycles. The molecule has 4 N–H and O–H groups in total. The Kier molecular flexibility index (Phi) is 33.5. The number of phosphoric ester groups is 1. The van der Waals surface area contributed by atoms with Gasteiger partial charge in [0.1, 0.15) is 12.6 Å². The fourth-order valence-corrected chi connectivity index (χ4v) is 6.43. The van der Waals surface area contributed by atoms with Gasteiger partial charge in [-0.3, -0.25) is 23.4 Å². The molecule has 0 amide bonds. The number of aliphatic carboxylic acids is 1. The van der Waals surface area contributed by atoms with Crippen molar-refractivity contribution in [1.29, 1.82) is 0 Å². The van der Waals surface area contributed by atoms with Gasteiger partial charge in [0.2, 0.25) is 0 Å². The number of carboxylic acids is 1. The zero-order chi connectivity index (χ0) is 37.1. The molecule has 3 atom stereocenters. The molecular formula is C38H74NO10P. The smallest absolute Gasteiger partial charge is 0.472 e. The van der Waals surface area contributed by atoms with Crippen LogP contribution in [0.2, 0.25) is 0 Å². The number of ether oxygens (including phenoxy) is 2. The number of carbonyl (C=O) groups is 3. The quantitative estimate of drug-likeness (QED) is 0.0313. The average Bonchev–Trinajstić information content (AvgIpc) is 3.09. The molecule has 0 aromatic carbocycles. The average molecular weight is 736 g/mol. The third-order valence-corrected chi connectivity index (χ3v) is 9.81. The Morgan fingerprint density at radius 3 is 1.26 bits per heavy atom. The number of unbranched alkanes of at least 4 members (excludes halogenated alkanes) is 24. The fourth-order valence-electron chi connectivity index (χ4n) is 5.65. The highest BCUT2D eigenvalue weighted by Crippen LogP contribution is 2.43. The van der Waals surface area contributed by atoms with Gasteiger partial charge in [0.15, 0.2) is 6.10 Å². The monoisotopic (exact) mass is 736 g/mol. The van der Waals surface area contributed by atoms with Crippen molar-refractivity contribution in [2.75, 3.05) is 19.8 Å². The number of phosphoric acid groups is 1. The Hall–Kier alpha value is -1.52. The van der Waals surface area contributed by atoms with Gasteiger partial charge in [0.25, 0.3) is 0 Å². The van der Waals surface area contributed by atoms with Gasteiger partial charge in [0, 0.05) is 12.8 Å². The Morgan fingerprint density at radius 2 is 0.880 bits per heavy atom. The SMILES string of the molecule is CCCCCCCCCCCCCCCC(=O)OC[C@@H](COP(=O)(O)OC[C@H](N)C(=O)O)OC(=O)CCCCCCCCCCCCCCC. The van der Waals surface area contributed by atoms with E-state index in [1.807, 2.05) is 0 Å². The van der Waals surface area contributed by atoms with Crippen molar-refractivity contribution >= 4 is 25.7 Å². The number of carboxylic acid groups (broad SMARTS) is 1. The van der Waals surface area contributed by atoms with Gasteiger partial charge in [-0.1, -0.05) is 168 Å². The van der Waals surface area contributed by atoms with Crippen LogP contribution in [-0.4, -0.2) is 59.9 Å². The summed E-state index contributed by atoms with van der Waals surface area (Å²) in [7, 11) is -4.70. The van der Waals surface area contributed by atoms with Crippen LogP contribution >= 0.6 is 7.82 Å². The predicted octanol–water partition coefficient (Wildman–Crippen LogP) is 9.95. The Morgan fingerprint density at radius 1 is 0.540 bits per heavy atom. The lowest BCUT2D eigenvalue weighted by Gasteiger charge is -2.20. The van der Waals surface area contributed by atoms with Gasteiger partial charge < -0.3 is 25.2 Å². The van der Waals surface area contributed by atoms with E-state index in [2.05, 4.69) is 18.4 Å². The highest BCUT2D eigenvalue weighted by molar-refractivity contribution is 7.47. The molecular weight excluding hydrogens is 661 g/mol. The number of esters is 2. The molecule has 0 rings (SSSR count). The highest BCUT2D eigenvalue weighted by Gasteiger charge is 2.28. The first-order valence-electron chi connectivity index (χ1n) is 20.1.